The first-order valence-electron chi connectivity index (χ1n) is 7.20. The summed E-state index contributed by atoms with van der Waals surface area (Å²) in [5.41, 5.74) is 2.18. The quantitative estimate of drug-likeness (QED) is 0.587. The van der Waals surface area contributed by atoms with Gasteiger partial charge in [-0.25, -0.2) is 4.68 Å². The third kappa shape index (κ3) is 1.69. The number of nitrogens with one attached hydrogen (secondary N) is 1. The monoisotopic (exact) mass is 305 g/mol. The largest absolute Gasteiger partial charge is 0.454 e. The Morgan fingerprint density at radius 1 is 1.04 bits per heavy atom. The molecular formula is C17H11N3O3. The van der Waals surface area contributed by atoms with Gasteiger partial charge in [0.2, 0.25) is 6.79 Å². The molecule has 2 aromatic heterocycles. The molecule has 1 aliphatic heterocycles. The molecule has 1 aliphatic rings. The van der Waals surface area contributed by atoms with Crippen LogP contribution in [0.5, 0.6) is 11.5 Å². The molecule has 4 aromatic rings. The van der Waals surface area contributed by atoms with Gasteiger partial charge in [0.25, 0.3) is 5.56 Å². The molecule has 0 saturated carbocycles. The van der Waals surface area contributed by atoms with Crippen molar-refractivity contribution in [1.29, 1.82) is 0 Å². The number of rotatable bonds is 1. The number of aromatic amines is 1. The Kier molecular flexibility index (Phi) is 2.33. The van der Waals surface area contributed by atoms with Gasteiger partial charge in [0.15, 0.2) is 11.5 Å². The van der Waals surface area contributed by atoms with E-state index in [2.05, 4.69) is 10.1 Å². The molecule has 0 spiro atoms. The zero-order valence-electron chi connectivity index (χ0n) is 11.9. The SMILES string of the molecule is O=c1c2cnc3ccccc3c2[nH]n1-c1ccc2c(c1)OCO2. The lowest BCUT2D eigenvalue weighted by atomic mass is 10.2. The Morgan fingerprint density at radius 2 is 1.91 bits per heavy atom. The van der Waals surface area contributed by atoms with E-state index < -0.39 is 0 Å². The summed E-state index contributed by atoms with van der Waals surface area (Å²) in [7, 11) is 0. The molecule has 2 aromatic carbocycles. The predicted molar refractivity (Wildman–Crippen MR) is 85.3 cm³/mol. The summed E-state index contributed by atoms with van der Waals surface area (Å²) in [6.07, 6.45) is 1.61. The van der Waals surface area contributed by atoms with Gasteiger partial charge in [-0.1, -0.05) is 18.2 Å². The third-order valence-electron chi connectivity index (χ3n) is 4.05. The van der Waals surface area contributed by atoms with Gasteiger partial charge in [0.05, 0.1) is 22.1 Å². The molecule has 0 aliphatic carbocycles. The van der Waals surface area contributed by atoms with E-state index in [1.54, 1.807) is 18.3 Å². The average Bonchev–Trinajstić information content (AvgIpc) is 3.19. The maximum atomic E-state index is 12.7. The molecule has 6 heteroatoms. The molecule has 0 unspecified atom stereocenters. The van der Waals surface area contributed by atoms with E-state index >= 15 is 0 Å². The van der Waals surface area contributed by atoms with Crippen LogP contribution in [0.3, 0.4) is 0 Å². The molecule has 112 valence electrons. The van der Waals surface area contributed by atoms with Crippen LogP contribution in [0.15, 0.2) is 53.5 Å². The summed E-state index contributed by atoms with van der Waals surface area (Å²) in [6.45, 7) is 0.203. The fourth-order valence-electron chi connectivity index (χ4n) is 2.91. The Morgan fingerprint density at radius 3 is 2.87 bits per heavy atom. The van der Waals surface area contributed by atoms with Crippen molar-refractivity contribution in [2.45, 2.75) is 0 Å². The number of nitrogens with zero attached hydrogens (tertiary/aromatic N) is 2. The highest BCUT2D eigenvalue weighted by atomic mass is 16.7. The van der Waals surface area contributed by atoms with E-state index in [1.165, 1.54) is 4.68 Å². The van der Waals surface area contributed by atoms with E-state index in [9.17, 15) is 4.79 Å². The van der Waals surface area contributed by atoms with Crippen LogP contribution in [0.25, 0.3) is 27.5 Å². The Hall–Kier alpha value is -3.28. The summed E-state index contributed by atoms with van der Waals surface area (Å²) in [5, 5.41) is 4.66. The third-order valence-corrected chi connectivity index (χ3v) is 4.05. The molecule has 5 rings (SSSR count). The molecule has 23 heavy (non-hydrogen) atoms. The van der Waals surface area contributed by atoms with Crippen LogP contribution in [-0.4, -0.2) is 21.6 Å². The van der Waals surface area contributed by atoms with Crippen LogP contribution >= 0.6 is 0 Å². The van der Waals surface area contributed by atoms with Crippen LogP contribution in [0, 0.1) is 0 Å². The number of pyridine rings is 1. The lowest BCUT2D eigenvalue weighted by Gasteiger charge is -2.03. The number of fused-ring (bicyclic) bond motifs is 4. The topological polar surface area (TPSA) is 69.1 Å². The summed E-state index contributed by atoms with van der Waals surface area (Å²) >= 11 is 0. The van der Waals surface area contributed by atoms with Crippen molar-refractivity contribution >= 4 is 21.8 Å². The first-order chi connectivity index (χ1) is 11.3. The molecule has 0 bridgehead atoms. The summed E-state index contributed by atoms with van der Waals surface area (Å²) < 4.78 is 12.2. The highest BCUT2D eigenvalue weighted by molar-refractivity contribution is 6.02. The first-order valence-corrected chi connectivity index (χ1v) is 7.20. The van der Waals surface area contributed by atoms with Crippen LogP contribution in [-0.2, 0) is 0 Å². The van der Waals surface area contributed by atoms with Crippen molar-refractivity contribution < 1.29 is 9.47 Å². The fourth-order valence-corrected chi connectivity index (χ4v) is 2.91. The zero-order valence-corrected chi connectivity index (χ0v) is 11.9. The van der Waals surface area contributed by atoms with E-state index in [0.29, 0.717) is 22.6 Å². The molecule has 3 heterocycles. The van der Waals surface area contributed by atoms with E-state index in [1.807, 2.05) is 30.3 Å². The molecule has 0 saturated heterocycles. The molecular weight excluding hydrogens is 294 g/mol. The minimum Gasteiger partial charge on any atom is -0.454 e. The summed E-state index contributed by atoms with van der Waals surface area (Å²) in [6, 6.07) is 13.1. The molecule has 0 fully saturated rings. The van der Waals surface area contributed by atoms with Crippen molar-refractivity contribution in [3.05, 3.63) is 59.0 Å². The maximum Gasteiger partial charge on any atom is 0.280 e. The normalized spacial score (nSPS) is 13.0. The number of aromatic nitrogens is 3. The van der Waals surface area contributed by atoms with Crippen LogP contribution in [0.4, 0.5) is 0 Å². The van der Waals surface area contributed by atoms with Crippen molar-refractivity contribution in [2.24, 2.45) is 0 Å². The minimum atomic E-state index is -0.142. The molecule has 0 atom stereocenters. The van der Waals surface area contributed by atoms with Gasteiger partial charge in [-0.05, 0) is 18.2 Å². The highest BCUT2D eigenvalue weighted by Crippen LogP contribution is 2.33. The fraction of sp³-hybridized carbons (Fsp3) is 0.0588. The van der Waals surface area contributed by atoms with Crippen molar-refractivity contribution in [3.8, 4) is 17.2 Å². The Bertz CT molecular complexity index is 1130. The lowest BCUT2D eigenvalue weighted by Crippen LogP contribution is -2.14. The number of ether oxygens (including phenoxy) is 2. The standard InChI is InChI=1S/C17H11N3O3/c21-17-12-8-18-13-4-2-1-3-11(13)16(12)19-20(17)10-5-6-14-15(7-10)23-9-22-14/h1-8,19H,9H2. The van der Waals surface area contributed by atoms with Gasteiger partial charge < -0.3 is 9.47 Å². The first kappa shape index (κ1) is 12.3. The maximum absolute atomic E-state index is 12.7. The number of hydrogen-bond acceptors (Lipinski definition) is 4. The zero-order chi connectivity index (χ0) is 15.4. The number of hydrogen-bond donors (Lipinski definition) is 1. The van der Waals surface area contributed by atoms with Gasteiger partial charge in [0, 0.05) is 17.6 Å². The second kappa shape index (κ2) is 4.36. The molecule has 6 nitrogen and oxygen atoms in total. The van der Waals surface area contributed by atoms with Gasteiger partial charge in [0.1, 0.15) is 0 Å². The van der Waals surface area contributed by atoms with Crippen molar-refractivity contribution in [1.82, 2.24) is 14.8 Å². The van der Waals surface area contributed by atoms with Crippen LogP contribution < -0.4 is 15.0 Å². The lowest BCUT2D eigenvalue weighted by molar-refractivity contribution is 0.174. The second-order valence-electron chi connectivity index (χ2n) is 5.35. The number of para-hydroxylation sites is 1. The Labute approximate surface area is 129 Å². The van der Waals surface area contributed by atoms with E-state index in [0.717, 1.165) is 16.4 Å². The van der Waals surface area contributed by atoms with Crippen LogP contribution in [0.2, 0.25) is 0 Å². The van der Waals surface area contributed by atoms with E-state index in [-0.39, 0.29) is 12.4 Å². The molecule has 1 N–H and O–H groups in total. The van der Waals surface area contributed by atoms with Gasteiger partial charge in [-0.15, -0.1) is 0 Å². The van der Waals surface area contributed by atoms with Gasteiger partial charge in [-0.3, -0.25) is 14.9 Å². The van der Waals surface area contributed by atoms with Crippen molar-refractivity contribution in [3.63, 3.8) is 0 Å². The predicted octanol–water partition coefficient (Wildman–Crippen LogP) is 2.60. The van der Waals surface area contributed by atoms with Gasteiger partial charge in [-0.2, -0.15) is 0 Å². The minimum absolute atomic E-state index is 0.142. The van der Waals surface area contributed by atoms with Crippen LogP contribution in [0.1, 0.15) is 0 Å². The van der Waals surface area contributed by atoms with Crippen molar-refractivity contribution in [2.75, 3.05) is 6.79 Å². The highest BCUT2D eigenvalue weighted by Gasteiger charge is 2.16. The molecule has 0 amide bonds. The average molecular weight is 305 g/mol. The number of H-pyrrole nitrogens is 1. The summed E-state index contributed by atoms with van der Waals surface area (Å²) in [4.78, 5) is 17.0. The summed E-state index contributed by atoms with van der Waals surface area (Å²) in [5.74, 6) is 1.32. The van der Waals surface area contributed by atoms with E-state index in [4.69, 9.17) is 9.47 Å². The van der Waals surface area contributed by atoms with Gasteiger partial charge >= 0.3 is 0 Å². The second-order valence-corrected chi connectivity index (χ2v) is 5.35. The number of benzene rings is 2. The molecule has 0 radical (unpaired) electrons. The Balaban J connectivity index is 1.81. The smallest absolute Gasteiger partial charge is 0.280 e.